The lowest BCUT2D eigenvalue weighted by Gasteiger charge is -2.32. The Morgan fingerprint density at radius 1 is 1.17 bits per heavy atom. The summed E-state index contributed by atoms with van der Waals surface area (Å²) >= 11 is 0. The minimum absolute atomic E-state index is 0.00594. The van der Waals surface area contributed by atoms with Gasteiger partial charge in [0, 0.05) is 18.6 Å². The fourth-order valence-electron chi connectivity index (χ4n) is 2.85. The summed E-state index contributed by atoms with van der Waals surface area (Å²) < 4.78 is 0. The lowest BCUT2D eigenvalue weighted by atomic mass is 9.91. The Morgan fingerprint density at radius 3 is 2.56 bits per heavy atom. The van der Waals surface area contributed by atoms with Crippen molar-refractivity contribution in [2.75, 3.05) is 6.54 Å². The van der Waals surface area contributed by atoms with Crippen LogP contribution in [-0.2, 0) is 4.79 Å². The summed E-state index contributed by atoms with van der Waals surface area (Å²) in [4.78, 5) is 24.5. The summed E-state index contributed by atoms with van der Waals surface area (Å²) in [5.74, 6) is -0.921. The lowest BCUT2D eigenvalue weighted by Crippen LogP contribution is -2.54. The normalized spacial score (nSPS) is 32.3. The maximum atomic E-state index is 12.1. The second-order valence-electron chi connectivity index (χ2n) is 5.19. The summed E-state index contributed by atoms with van der Waals surface area (Å²) in [6, 6.07) is -0.970. The second kappa shape index (κ2) is 5.56. The molecule has 0 bridgehead atoms. The number of likely N-dealkylation sites (tertiary alicyclic amines) is 1. The number of amides is 2. The monoisotopic (exact) mass is 255 g/mol. The van der Waals surface area contributed by atoms with Crippen LogP contribution in [0.3, 0.4) is 0 Å². The van der Waals surface area contributed by atoms with Crippen LogP contribution < -0.4 is 11.1 Å². The first kappa shape index (κ1) is 13.1. The Morgan fingerprint density at radius 2 is 1.89 bits per heavy atom. The van der Waals surface area contributed by atoms with Gasteiger partial charge in [-0.3, -0.25) is 0 Å². The third-order valence-electron chi connectivity index (χ3n) is 3.93. The molecular formula is C12H21N3O3. The number of rotatable bonds is 2. The highest BCUT2D eigenvalue weighted by molar-refractivity contribution is 5.83. The van der Waals surface area contributed by atoms with Crippen molar-refractivity contribution in [3.8, 4) is 0 Å². The third kappa shape index (κ3) is 2.75. The number of carboxylic acids is 1. The van der Waals surface area contributed by atoms with Crippen LogP contribution >= 0.6 is 0 Å². The number of hydrogen-bond donors (Lipinski definition) is 3. The molecule has 1 heterocycles. The highest BCUT2D eigenvalue weighted by atomic mass is 16.4. The van der Waals surface area contributed by atoms with Gasteiger partial charge in [-0.1, -0.05) is 12.8 Å². The van der Waals surface area contributed by atoms with Crippen LogP contribution in [0.4, 0.5) is 4.79 Å². The first-order chi connectivity index (χ1) is 8.59. The van der Waals surface area contributed by atoms with Crippen molar-refractivity contribution in [2.24, 2.45) is 5.73 Å². The number of nitrogens with zero attached hydrogens (tertiary/aromatic N) is 1. The van der Waals surface area contributed by atoms with Gasteiger partial charge in [0.1, 0.15) is 6.04 Å². The molecule has 1 saturated carbocycles. The van der Waals surface area contributed by atoms with Gasteiger partial charge >= 0.3 is 12.0 Å². The Hall–Kier alpha value is -1.30. The van der Waals surface area contributed by atoms with Crippen LogP contribution in [0, 0.1) is 0 Å². The second-order valence-corrected chi connectivity index (χ2v) is 5.19. The quantitative estimate of drug-likeness (QED) is 0.670. The smallest absolute Gasteiger partial charge is 0.326 e. The molecule has 0 radical (unpaired) electrons. The van der Waals surface area contributed by atoms with Gasteiger partial charge in [0.25, 0.3) is 0 Å². The summed E-state index contributed by atoms with van der Waals surface area (Å²) in [6.45, 7) is 0.519. The van der Waals surface area contributed by atoms with Crippen molar-refractivity contribution in [3.05, 3.63) is 0 Å². The molecule has 2 fully saturated rings. The molecule has 18 heavy (non-hydrogen) atoms. The van der Waals surface area contributed by atoms with E-state index in [9.17, 15) is 9.59 Å². The van der Waals surface area contributed by atoms with E-state index in [4.69, 9.17) is 10.8 Å². The van der Waals surface area contributed by atoms with Crippen LogP contribution in [0.5, 0.6) is 0 Å². The van der Waals surface area contributed by atoms with Crippen LogP contribution in [0.15, 0.2) is 0 Å². The van der Waals surface area contributed by atoms with E-state index in [1.807, 2.05) is 0 Å². The van der Waals surface area contributed by atoms with Gasteiger partial charge in [-0.05, 0) is 25.7 Å². The van der Waals surface area contributed by atoms with Gasteiger partial charge < -0.3 is 21.1 Å². The number of urea groups is 1. The molecule has 0 spiro atoms. The molecule has 1 aliphatic carbocycles. The Bertz CT molecular complexity index is 335. The van der Waals surface area contributed by atoms with E-state index in [2.05, 4.69) is 5.32 Å². The first-order valence-electron chi connectivity index (χ1n) is 6.65. The van der Waals surface area contributed by atoms with Crippen LogP contribution in [0.2, 0.25) is 0 Å². The van der Waals surface area contributed by atoms with Crippen molar-refractivity contribution in [2.45, 2.75) is 56.7 Å². The zero-order chi connectivity index (χ0) is 13.1. The van der Waals surface area contributed by atoms with Crippen LogP contribution in [0.25, 0.3) is 0 Å². The topological polar surface area (TPSA) is 95.7 Å². The number of nitrogens with one attached hydrogen (secondary N) is 1. The molecule has 3 atom stereocenters. The molecule has 6 nitrogen and oxygen atoms in total. The average Bonchev–Trinajstić information content (AvgIpc) is 2.81. The molecular weight excluding hydrogens is 234 g/mol. The maximum Gasteiger partial charge on any atom is 0.326 e. The van der Waals surface area contributed by atoms with E-state index in [0.29, 0.717) is 13.0 Å². The van der Waals surface area contributed by atoms with E-state index in [-0.39, 0.29) is 18.1 Å². The first-order valence-corrected chi connectivity index (χ1v) is 6.65. The number of carboxylic acid groups (broad SMARTS) is 1. The molecule has 0 aromatic heterocycles. The van der Waals surface area contributed by atoms with Gasteiger partial charge in [0.15, 0.2) is 0 Å². The number of hydrogen-bond acceptors (Lipinski definition) is 3. The summed E-state index contributed by atoms with van der Waals surface area (Å²) in [7, 11) is 0. The predicted octanol–water partition coefficient (Wildman–Crippen LogP) is 0.515. The minimum Gasteiger partial charge on any atom is -0.480 e. The predicted molar refractivity (Wildman–Crippen MR) is 66.1 cm³/mol. The van der Waals surface area contributed by atoms with Crippen LogP contribution in [0.1, 0.15) is 38.5 Å². The SMILES string of the molecule is NC1CCCCC1NC(=O)N1CCC[C@@H]1C(=O)O. The number of carbonyl (C=O) groups is 2. The average molecular weight is 255 g/mol. The molecule has 2 aliphatic rings. The number of aliphatic carboxylic acids is 1. The standard InChI is InChI=1S/C12H21N3O3/c13-8-4-1-2-5-9(8)14-12(18)15-7-3-6-10(15)11(16)17/h8-10H,1-7,13H2,(H,14,18)(H,16,17)/t8?,9?,10-/m1/s1. The molecule has 2 rings (SSSR count). The van der Waals surface area contributed by atoms with E-state index < -0.39 is 12.0 Å². The van der Waals surface area contributed by atoms with Crippen molar-refractivity contribution in [1.29, 1.82) is 0 Å². The zero-order valence-corrected chi connectivity index (χ0v) is 10.5. The van der Waals surface area contributed by atoms with Gasteiger partial charge in [-0.15, -0.1) is 0 Å². The van der Waals surface area contributed by atoms with Gasteiger partial charge in [-0.25, -0.2) is 9.59 Å². The molecule has 2 amide bonds. The van der Waals surface area contributed by atoms with Gasteiger partial charge in [0.2, 0.25) is 0 Å². The highest BCUT2D eigenvalue weighted by Crippen LogP contribution is 2.20. The molecule has 0 aromatic rings. The third-order valence-corrected chi connectivity index (χ3v) is 3.93. The number of carbonyl (C=O) groups excluding carboxylic acids is 1. The minimum atomic E-state index is -0.921. The summed E-state index contributed by atoms with van der Waals surface area (Å²) in [6.07, 6.45) is 5.28. The summed E-state index contributed by atoms with van der Waals surface area (Å²) in [5, 5.41) is 11.9. The largest absolute Gasteiger partial charge is 0.480 e. The van der Waals surface area contributed by atoms with Crippen molar-refractivity contribution in [3.63, 3.8) is 0 Å². The number of nitrogens with two attached hydrogens (primary N) is 1. The molecule has 1 saturated heterocycles. The van der Waals surface area contributed by atoms with E-state index in [1.165, 1.54) is 4.90 Å². The van der Waals surface area contributed by atoms with E-state index >= 15 is 0 Å². The molecule has 0 aromatic carbocycles. The van der Waals surface area contributed by atoms with Crippen molar-refractivity contribution in [1.82, 2.24) is 10.2 Å². The highest BCUT2D eigenvalue weighted by Gasteiger charge is 2.35. The molecule has 102 valence electrons. The van der Waals surface area contributed by atoms with Gasteiger partial charge in [0.05, 0.1) is 0 Å². The van der Waals surface area contributed by atoms with E-state index in [0.717, 1.165) is 32.1 Å². The summed E-state index contributed by atoms with van der Waals surface area (Å²) in [5.41, 5.74) is 5.97. The molecule has 1 aliphatic heterocycles. The molecule has 4 N–H and O–H groups in total. The Balaban J connectivity index is 1.92. The lowest BCUT2D eigenvalue weighted by molar-refractivity contribution is -0.141. The van der Waals surface area contributed by atoms with Crippen LogP contribution in [-0.4, -0.2) is 46.7 Å². The fraction of sp³-hybridized carbons (Fsp3) is 0.833. The fourth-order valence-corrected chi connectivity index (χ4v) is 2.85. The zero-order valence-electron chi connectivity index (χ0n) is 10.5. The van der Waals surface area contributed by atoms with E-state index in [1.54, 1.807) is 0 Å². The van der Waals surface area contributed by atoms with Crippen molar-refractivity contribution < 1.29 is 14.7 Å². The molecule has 6 heteroatoms. The molecule has 2 unspecified atom stereocenters. The Labute approximate surface area is 107 Å². The van der Waals surface area contributed by atoms with Gasteiger partial charge in [-0.2, -0.15) is 0 Å². The Kier molecular flexibility index (Phi) is 4.06. The van der Waals surface area contributed by atoms with Crippen molar-refractivity contribution >= 4 is 12.0 Å². The maximum absolute atomic E-state index is 12.1.